The average molecular weight is 325 g/mol. The molecule has 3 nitrogen and oxygen atoms in total. The van der Waals surface area contributed by atoms with Gasteiger partial charge >= 0.3 is 0 Å². The topological polar surface area (TPSA) is 55.1 Å². The number of carbonyl (C=O) groups excluding carboxylic acids is 1. The number of nitrogens with one attached hydrogen (secondary N) is 1. The zero-order valence-electron chi connectivity index (χ0n) is 11.1. The summed E-state index contributed by atoms with van der Waals surface area (Å²) < 4.78 is 13.0. The van der Waals surface area contributed by atoms with Gasteiger partial charge in [-0.25, -0.2) is 4.39 Å². The van der Waals surface area contributed by atoms with Gasteiger partial charge in [-0.15, -0.1) is 11.8 Å². The van der Waals surface area contributed by atoms with Gasteiger partial charge in [0.05, 0.1) is 10.7 Å². The molecule has 0 aliphatic rings. The number of rotatable bonds is 5. The summed E-state index contributed by atoms with van der Waals surface area (Å²) >= 11 is 7.24. The number of benzene rings is 2. The standard InChI is InChI=1S/C15H14ClFN2OS/c16-13-5-4-11(9-14(13)18)19-15(20)6-7-21-12-3-1-2-10(17)8-12/h1-5,8-9H,6-7,18H2,(H,19,20). The molecule has 0 aliphatic carbocycles. The molecule has 0 bridgehead atoms. The Morgan fingerprint density at radius 2 is 2.10 bits per heavy atom. The van der Waals surface area contributed by atoms with Gasteiger partial charge in [0.1, 0.15) is 5.82 Å². The lowest BCUT2D eigenvalue weighted by atomic mass is 10.2. The predicted molar refractivity (Wildman–Crippen MR) is 86.2 cm³/mol. The Hall–Kier alpha value is -1.72. The van der Waals surface area contributed by atoms with Crippen LogP contribution in [0.5, 0.6) is 0 Å². The monoisotopic (exact) mass is 324 g/mol. The third-order valence-corrected chi connectivity index (χ3v) is 4.01. The first-order valence-electron chi connectivity index (χ1n) is 6.28. The Bertz CT molecular complexity index is 651. The highest BCUT2D eigenvalue weighted by Crippen LogP contribution is 2.23. The largest absolute Gasteiger partial charge is 0.397 e. The first-order chi connectivity index (χ1) is 10.0. The van der Waals surface area contributed by atoms with Crippen molar-refractivity contribution in [2.45, 2.75) is 11.3 Å². The van der Waals surface area contributed by atoms with E-state index >= 15 is 0 Å². The molecule has 0 fully saturated rings. The van der Waals surface area contributed by atoms with Crippen LogP contribution in [0.2, 0.25) is 5.02 Å². The van der Waals surface area contributed by atoms with E-state index < -0.39 is 0 Å². The summed E-state index contributed by atoms with van der Waals surface area (Å²) in [5, 5.41) is 3.20. The smallest absolute Gasteiger partial charge is 0.225 e. The van der Waals surface area contributed by atoms with Gasteiger partial charge < -0.3 is 11.1 Å². The molecule has 0 atom stereocenters. The third kappa shape index (κ3) is 4.95. The Balaban J connectivity index is 1.81. The van der Waals surface area contributed by atoms with Crippen LogP contribution in [0.15, 0.2) is 47.4 Å². The highest BCUT2D eigenvalue weighted by Gasteiger charge is 2.05. The van der Waals surface area contributed by atoms with Crippen molar-refractivity contribution < 1.29 is 9.18 Å². The minimum atomic E-state index is -0.277. The summed E-state index contributed by atoms with van der Waals surface area (Å²) in [7, 11) is 0. The summed E-state index contributed by atoms with van der Waals surface area (Å²) in [5.41, 5.74) is 6.69. The SMILES string of the molecule is Nc1cc(NC(=O)CCSc2cccc(F)c2)ccc1Cl. The minimum absolute atomic E-state index is 0.124. The molecule has 0 radical (unpaired) electrons. The number of halogens is 2. The van der Waals surface area contributed by atoms with Gasteiger partial charge in [-0.1, -0.05) is 17.7 Å². The van der Waals surface area contributed by atoms with Gasteiger partial charge in [-0.05, 0) is 36.4 Å². The van der Waals surface area contributed by atoms with Crippen LogP contribution in [0.3, 0.4) is 0 Å². The van der Waals surface area contributed by atoms with Crippen LogP contribution >= 0.6 is 23.4 Å². The quantitative estimate of drug-likeness (QED) is 0.640. The molecule has 2 aromatic carbocycles. The van der Waals surface area contributed by atoms with Crippen LogP contribution in [-0.2, 0) is 4.79 Å². The number of hydrogen-bond donors (Lipinski definition) is 2. The van der Waals surface area contributed by atoms with E-state index in [0.717, 1.165) is 4.90 Å². The summed E-state index contributed by atoms with van der Waals surface area (Å²) in [6.07, 6.45) is 0.323. The fourth-order valence-corrected chi connectivity index (χ4v) is 2.67. The number of nitrogens with two attached hydrogens (primary N) is 1. The Morgan fingerprint density at radius 1 is 1.29 bits per heavy atom. The molecule has 0 heterocycles. The number of hydrogen-bond acceptors (Lipinski definition) is 3. The number of carbonyl (C=O) groups is 1. The van der Waals surface area contributed by atoms with Crippen molar-refractivity contribution in [3.63, 3.8) is 0 Å². The molecule has 3 N–H and O–H groups in total. The van der Waals surface area contributed by atoms with Crippen molar-refractivity contribution in [2.24, 2.45) is 0 Å². The van der Waals surface area contributed by atoms with Crippen LogP contribution in [0.1, 0.15) is 6.42 Å². The van der Waals surface area contributed by atoms with Crippen LogP contribution in [0.25, 0.3) is 0 Å². The normalized spacial score (nSPS) is 10.4. The van der Waals surface area contributed by atoms with Gasteiger partial charge in [-0.2, -0.15) is 0 Å². The van der Waals surface area contributed by atoms with E-state index in [4.69, 9.17) is 17.3 Å². The van der Waals surface area contributed by atoms with E-state index in [0.29, 0.717) is 28.6 Å². The zero-order valence-corrected chi connectivity index (χ0v) is 12.7. The van der Waals surface area contributed by atoms with Crippen LogP contribution < -0.4 is 11.1 Å². The molecular formula is C15H14ClFN2OS. The van der Waals surface area contributed by atoms with Gasteiger partial charge in [-0.3, -0.25) is 4.79 Å². The Morgan fingerprint density at radius 3 is 2.81 bits per heavy atom. The highest BCUT2D eigenvalue weighted by molar-refractivity contribution is 7.99. The van der Waals surface area contributed by atoms with Gasteiger partial charge in [0.2, 0.25) is 5.91 Å². The average Bonchev–Trinajstić information content (AvgIpc) is 2.43. The molecule has 2 rings (SSSR count). The summed E-state index contributed by atoms with van der Waals surface area (Å²) in [5.74, 6) is 0.167. The molecule has 0 spiro atoms. The van der Waals surface area contributed by atoms with E-state index in [-0.39, 0.29) is 11.7 Å². The predicted octanol–water partition coefficient (Wildman–Crippen LogP) is 4.18. The lowest BCUT2D eigenvalue weighted by molar-refractivity contribution is -0.115. The molecule has 0 saturated carbocycles. The molecular weight excluding hydrogens is 311 g/mol. The van der Waals surface area contributed by atoms with E-state index in [1.807, 2.05) is 6.07 Å². The Labute approximate surface area is 131 Å². The second-order valence-electron chi connectivity index (χ2n) is 4.34. The maximum Gasteiger partial charge on any atom is 0.225 e. The van der Waals surface area contributed by atoms with Crippen molar-refractivity contribution in [2.75, 3.05) is 16.8 Å². The molecule has 2 aromatic rings. The maximum atomic E-state index is 13.0. The van der Waals surface area contributed by atoms with Crippen molar-refractivity contribution >= 4 is 40.6 Å². The molecule has 110 valence electrons. The maximum absolute atomic E-state index is 13.0. The van der Waals surface area contributed by atoms with E-state index in [1.165, 1.54) is 23.9 Å². The number of nitrogen functional groups attached to an aromatic ring is 1. The minimum Gasteiger partial charge on any atom is -0.397 e. The lowest BCUT2D eigenvalue weighted by Gasteiger charge is -2.07. The first-order valence-corrected chi connectivity index (χ1v) is 7.64. The summed E-state index contributed by atoms with van der Waals surface area (Å²) in [6, 6.07) is 11.2. The van der Waals surface area contributed by atoms with Gasteiger partial charge in [0.25, 0.3) is 0 Å². The van der Waals surface area contributed by atoms with Crippen LogP contribution in [-0.4, -0.2) is 11.7 Å². The lowest BCUT2D eigenvalue weighted by Crippen LogP contribution is -2.12. The molecule has 6 heteroatoms. The van der Waals surface area contributed by atoms with E-state index in [2.05, 4.69) is 5.32 Å². The van der Waals surface area contributed by atoms with Gasteiger partial charge in [0.15, 0.2) is 0 Å². The van der Waals surface area contributed by atoms with Crippen molar-refractivity contribution in [1.29, 1.82) is 0 Å². The summed E-state index contributed by atoms with van der Waals surface area (Å²) in [4.78, 5) is 12.6. The third-order valence-electron chi connectivity index (χ3n) is 2.67. The zero-order chi connectivity index (χ0) is 15.2. The highest BCUT2D eigenvalue weighted by atomic mass is 35.5. The van der Waals surface area contributed by atoms with E-state index in [1.54, 1.807) is 24.3 Å². The van der Waals surface area contributed by atoms with Crippen molar-refractivity contribution in [3.8, 4) is 0 Å². The summed E-state index contributed by atoms with van der Waals surface area (Å²) in [6.45, 7) is 0. The van der Waals surface area contributed by atoms with E-state index in [9.17, 15) is 9.18 Å². The number of anilines is 2. The van der Waals surface area contributed by atoms with Gasteiger partial charge in [0, 0.05) is 22.8 Å². The Kier molecular flexibility index (Phi) is 5.47. The molecule has 0 saturated heterocycles. The fourth-order valence-electron chi connectivity index (χ4n) is 1.66. The first kappa shape index (κ1) is 15.7. The molecule has 0 aliphatic heterocycles. The molecule has 0 unspecified atom stereocenters. The van der Waals surface area contributed by atoms with Crippen molar-refractivity contribution in [3.05, 3.63) is 53.3 Å². The molecule has 0 aromatic heterocycles. The molecule has 1 amide bonds. The second kappa shape index (κ2) is 7.33. The molecule has 21 heavy (non-hydrogen) atoms. The number of thioether (sulfide) groups is 1. The van der Waals surface area contributed by atoms with Crippen molar-refractivity contribution in [1.82, 2.24) is 0 Å². The fraction of sp³-hybridized carbons (Fsp3) is 0.133. The number of amides is 1. The van der Waals surface area contributed by atoms with Crippen LogP contribution in [0, 0.1) is 5.82 Å². The second-order valence-corrected chi connectivity index (χ2v) is 5.92. The van der Waals surface area contributed by atoms with Crippen LogP contribution in [0.4, 0.5) is 15.8 Å².